The SMILES string of the molecule is CC(O)CCN1CCc2ccc(C(=O)O)cc21. The normalized spacial score (nSPS) is 15.8. The van der Waals surface area contributed by atoms with Crippen LogP contribution in [-0.2, 0) is 6.42 Å². The number of benzene rings is 1. The second kappa shape index (κ2) is 4.75. The molecule has 0 aliphatic carbocycles. The van der Waals surface area contributed by atoms with Gasteiger partial charge in [0.1, 0.15) is 0 Å². The van der Waals surface area contributed by atoms with Gasteiger partial charge in [0, 0.05) is 18.8 Å². The molecule has 1 unspecified atom stereocenters. The third-order valence-corrected chi connectivity index (χ3v) is 3.14. The van der Waals surface area contributed by atoms with Crippen LogP contribution in [-0.4, -0.2) is 35.4 Å². The van der Waals surface area contributed by atoms with Crippen molar-refractivity contribution < 1.29 is 15.0 Å². The van der Waals surface area contributed by atoms with Crippen molar-refractivity contribution in [3.63, 3.8) is 0 Å². The number of hydrogen-bond acceptors (Lipinski definition) is 3. The van der Waals surface area contributed by atoms with Crippen LogP contribution in [0, 0.1) is 0 Å². The first-order valence-electron chi connectivity index (χ1n) is 5.87. The van der Waals surface area contributed by atoms with Gasteiger partial charge in [0.15, 0.2) is 0 Å². The molecule has 2 N–H and O–H groups in total. The van der Waals surface area contributed by atoms with Crippen LogP contribution in [0.5, 0.6) is 0 Å². The molecule has 0 bridgehead atoms. The molecule has 1 aliphatic rings. The molecule has 1 aromatic rings. The van der Waals surface area contributed by atoms with Crippen molar-refractivity contribution in [3.8, 4) is 0 Å². The summed E-state index contributed by atoms with van der Waals surface area (Å²) in [4.78, 5) is 13.1. The molecule has 0 spiro atoms. The number of nitrogens with zero attached hydrogens (tertiary/aromatic N) is 1. The van der Waals surface area contributed by atoms with Crippen LogP contribution in [0.4, 0.5) is 5.69 Å². The summed E-state index contributed by atoms with van der Waals surface area (Å²) in [5, 5.41) is 18.2. The largest absolute Gasteiger partial charge is 0.478 e. The number of carboxylic acids is 1. The maximum Gasteiger partial charge on any atom is 0.335 e. The van der Waals surface area contributed by atoms with Gasteiger partial charge < -0.3 is 15.1 Å². The molecule has 1 atom stereocenters. The van der Waals surface area contributed by atoms with Crippen LogP contribution in [0.15, 0.2) is 18.2 Å². The number of anilines is 1. The van der Waals surface area contributed by atoms with E-state index in [1.165, 1.54) is 5.56 Å². The monoisotopic (exact) mass is 235 g/mol. The molecule has 1 heterocycles. The van der Waals surface area contributed by atoms with Gasteiger partial charge in [-0.05, 0) is 37.5 Å². The maximum atomic E-state index is 10.9. The Kier molecular flexibility index (Phi) is 3.33. The Balaban J connectivity index is 2.17. The Morgan fingerprint density at radius 1 is 1.53 bits per heavy atom. The molecule has 2 rings (SSSR count). The predicted octanol–water partition coefficient (Wildman–Crippen LogP) is 1.52. The molecule has 1 aromatic carbocycles. The van der Waals surface area contributed by atoms with Crippen LogP contribution in [0.25, 0.3) is 0 Å². The quantitative estimate of drug-likeness (QED) is 0.830. The van der Waals surface area contributed by atoms with Gasteiger partial charge >= 0.3 is 5.97 Å². The summed E-state index contributed by atoms with van der Waals surface area (Å²) in [5.41, 5.74) is 2.53. The Morgan fingerprint density at radius 2 is 2.29 bits per heavy atom. The van der Waals surface area contributed by atoms with E-state index < -0.39 is 5.97 Å². The Labute approximate surface area is 100 Å². The number of carbonyl (C=O) groups is 1. The predicted molar refractivity (Wildman–Crippen MR) is 65.6 cm³/mol. The second-order valence-electron chi connectivity index (χ2n) is 4.52. The van der Waals surface area contributed by atoms with E-state index in [-0.39, 0.29) is 6.10 Å². The molecule has 17 heavy (non-hydrogen) atoms. The molecule has 0 fully saturated rings. The summed E-state index contributed by atoms with van der Waals surface area (Å²) in [6.45, 7) is 3.45. The first-order valence-corrected chi connectivity index (χ1v) is 5.87. The number of aliphatic hydroxyl groups excluding tert-OH is 1. The second-order valence-corrected chi connectivity index (χ2v) is 4.52. The van der Waals surface area contributed by atoms with Gasteiger partial charge in [-0.25, -0.2) is 4.79 Å². The van der Waals surface area contributed by atoms with Crippen molar-refractivity contribution in [3.05, 3.63) is 29.3 Å². The van der Waals surface area contributed by atoms with Crippen molar-refractivity contribution in [2.75, 3.05) is 18.0 Å². The zero-order valence-electron chi connectivity index (χ0n) is 9.89. The third kappa shape index (κ3) is 2.58. The van der Waals surface area contributed by atoms with Gasteiger partial charge in [0.05, 0.1) is 11.7 Å². The summed E-state index contributed by atoms with van der Waals surface area (Å²) < 4.78 is 0. The highest BCUT2D eigenvalue weighted by Gasteiger charge is 2.20. The van der Waals surface area contributed by atoms with E-state index in [0.29, 0.717) is 12.0 Å². The standard InChI is InChI=1S/C13H17NO3/c1-9(15)4-6-14-7-5-10-2-3-11(13(16)17)8-12(10)14/h2-3,8-9,15H,4-7H2,1H3,(H,16,17). The zero-order chi connectivity index (χ0) is 12.4. The lowest BCUT2D eigenvalue weighted by atomic mass is 10.1. The van der Waals surface area contributed by atoms with Crippen molar-refractivity contribution >= 4 is 11.7 Å². The van der Waals surface area contributed by atoms with E-state index in [0.717, 1.165) is 25.2 Å². The molecule has 1 aliphatic heterocycles. The van der Waals surface area contributed by atoms with E-state index in [2.05, 4.69) is 4.90 Å². The molecule has 0 amide bonds. The number of hydrogen-bond donors (Lipinski definition) is 2. The van der Waals surface area contributed by atoms with Gasteiger partial charge in [0.25, 0.3) is 0 Å². The van der Waals surface area contributed by atoms with Crippen LogP contribution in [0.1, 0.15) is 29.3 Å². The number of fused-ring (bicyclic) bond motifs is 1. The summed E-state index contributed by atoms with van der Waals surface area (Å²) in [6.07, 6.45) is 1.34. The summed E-state index contributed by atoms with van der Waals surface area (Å²) >= 11 is 0. The van der Waals surface area contributed by atoms with Crippen LogP contribution in [0.3, 0.4) is 0 Å². The summed E-state index contributed by atoms with van der Waals surface area (Å²) in [6, 6.07) is 5.27. The van der Waals surface area contributed by atoms with E-state index >= 15 is 0 Å². The molecule has 0 saturated heterocycles. The van der Waals surface area contributed by atoms with Crippen molar-refractivity contribution in [1.82, 2.24) is 0 Å². The fourth-order valence-corrected chi connectivity index (χ4v) is 2.15. The Bertz CT molecular complexity index is 429. The Morgan fingerprint density at radius 3 is 2.94 bits per heavy atom. The molecular weight excluding hydrogens is 218 g/mol. The van der Waals surface area contributed by atoms with Gasteiger partial charge in [-0.15, -0.1) is 0 Å². The molecule has 0 saturated carbocycles. The summed E-state index contributed by atoms with van der Waals surface area (Å²) in [5.74, 6) is -0.893. The third-order valence-electron chi connectivity index (χ3n) is 3.14. The van der Waals surface area contributed by atoms with Gasteiger partial charge in [-0.1, -0.05) is 6.07 Å². The zero-order valence-corrected chi connectivity index (χ0v) is 9.89. The highest BCUT2D eigenvalue weighted by atomic mass is 16.4. The molecule has 4 heteroatoms. The van der Waals surface area contributed by atoms with Crippen molar-refractivity contribution in [2.45, 2.75) is 25.9 Å². The van der Waals surface area contributed by atoms with Crippen LogP contribution in [0.2, 0.25) is 0 Å². The average Bonchev–Trinajstić information content (AvgIpc) is 2.68. The van der Waals surface area contributed by atoms with Crippen molar-refractivity contribution in [1.29, 1.82) is 0 Å². The minimum Gasteiger partial charge on any atom is -0.478 e. The van der Waals surface area contributed by atoms with Crippen LogP contribution >= 0.6 is 0 Å². The first kappa shape index (κ1) is 11.9. The number of carboxylic acid groups (broad SMARTS) is 1. The molecule has 0 aromatic heterocycles. The van der Waals surface area contributed by atoms with Gasteiger partial charge in [0.2, 0.25) is 0 Å². The molecule has 0 radical (unpaired) electrons. The smallest absolute Gasteiger partial charge is 0.335 e. The maximum absolute atomic E-state index is 10.9. The Hall–Kier alpha value is -1.55. The topological polar surface area (TPSA) is 60.8 Å². The molecule has 92 valence electrons. The lowest BCUT2D eigenvalue weighted by Crippen LogP contribution is -2.24. The van der Waals surface area contributed by atoms with Gasteiger partial charge in [-0.2, -0.15) is 0 Å². The fourth-order valence-electron chi connectivity index (χ4n) is 2.15. The van der Waals surface area contributed by atoms with E-state index in [9.17, 15) is 9.90 Å². The van der Waals surface area contributed by atoms with E-state index in [1.807, 2.05) is 6.07 Å². The highest BCUT2D eigenvalue weighted by Crippen LogP contribution is 2.29. The fraction of sp³-hybridized carbons (Fsp3) is 0.462. The van der Waals surface area contributed by atoms with Crippen molar-refractivity contribution in [2.24, 2.45) is 0 Å². The summed E-state index contributed by atoms with van der Waals surface area (Å²) in [7, 11) is 0. The lowest BCUT2D eigenvalue weighted by Gasteiger charge is -2.20. The van der Waals surface area contributed by atoms with E-state index in [4.69, 9.17) is 5.11 Å². The van der Waals surface area contributed by atoms with Crippen LogP contribution < -0.4 is 4.90 Å². The average molecular weight is 235 g/mol. The number of aliphatic hydroxyl groups is 1. The minimum absolute atomic E-state index is 0.318. The molecule has 4 nitrogen and oxygen atoms in total. The lowest BCUT2D eigenvalue weighted by molar-refractivity contribution is 0.0697. The number of rotatable bonds is 4. The highest BCUT2D eigenvalue weighted by molar-refractivity contribution is 5.89. The minimum atomic E-state index is -0.893. The molecular formula is C13H17NO3. The van der Waals surface area contributed by atoms with E-state index in [1.54, 1.807) is 19.1 Å². The first-order chi connectivity index (χ1) is 8.08. The number of aromatic carboxylic acids is 1. The van der Waals surface area contributed by atoms with Gasteiger partial charge in [-0.3, -0.25) is 0 Å².